The monoisotopic (exact) mass is 546 g/mol. The van der Waals surface area contributed by atoms with Gasteiger partial charge in [-0.1, -0.05) is 13.8 Å². The summed E-state index contributed by atoms with van der Waals surface area (Å²) in [5.41, 5.74) is 22.1. The number of nitrogens with zero attached hydrogens (tertiary/aromatic N) is 1. The van der Waals surface area contributed by atoms with Gasteiger partial charge in [-0.15, -0.1) is 0 Å². The molecule has 4 atom stereocenters. The minimum absolute atomic E-state index is 0.0199. The van der Waals surface area contributed by atoms with E-state index in [0.717, 1.165) is 0 Å². The second-order valence-corrected chi connectivity index (χ2v) is 10.3. The number of guanidine groups is 1. The number of thioether (sulfide) groups is 1. The maximum absolute atomic E-state index is 13.2. The zero-order valence-electron chi connectivity index (χ0n) is 22.2. The van der Waals surface area contributed by atoms with Crippen LogP contribution in [0.15, 0.2) is 4.99 Å². The first-order valence-corrected chi connectivity index (χ1v) is 14.0. The van der Waals surface area contributed by atoms with E-state index in [2.05, 4.69) is 20.9 Å². The van der Waals surface area contributed by atoms with Crippen molar-refractivity contribution in [2.24, 2.45) is 33.8 Å². The maximum Gasteiger partial charge on any atom is 0.326 e. The van der Waals surface area contributed by atoms with E-state index in [9.17, 15) is 24.3 Å². The Kier molecular flexibility index (Phi) is 18.2. The van der Waals surface area contributed by atoms with Gasteiger partial charge in [-0.25, -0.2) is 4.79 Å². The molecule has 0 heterocycles. The summed E-state index contributed by atoms with van der Waals surface area (Å²) in [6.07, 6.45) is 4.59. The van der Waals surface area contributed by atoms with Gasteiger partial charge < -0.3 is 44.0 Å². The van der Waals surface area contributed by atoms with Crippen molar-refractivity contribution in [2.45, 2.75) is 83.0 Å². The van der Waals surface area contributed by atoms with Crippen LogP contribution in [0.3, 0.4) is 0 Å². The lowest BCUT2D eigenvalue weighted by Gasteiger charge is -2.26. The van der Waals surface area contributed by atoms with E-state index in [1.807, 2.05) is 20.1 Å². The molecule has 4 unspecified atom stereocenters. The summed E-state index contributed by atoms with van der Waals surface area (Å²) >= 11 is 1.55. The molecular formula is C23H46N8O5S. The van der Waals surface area contributed by atoms with E-state index < -0.39 is 47.9 Å². The minimum Gasteiger partial charge on any atom is -0.480 e. The highest BCUT2D eigenvalue weighted by molar-refractivity contribution is 7.98. The largest absolute Gasteiger partial charge is 0.480 e. The van der Waals surface area contributed by atoms with Crippen LogP contribution in [0.2, 0.25) is 0 Å². The highest BCUT2D eigenvalue weighted by atomic mass is 32.2. The van der Waals surface area contributed by atoms with Crippen LogP contribution in [0.4, 0.5) is 0 Å². The van der Waals surface area contributed by atoms with Crippen molar-refractivity contribution in [3.63, 3.8) is 0 Å². The normalized spacial score (nSPS) is 14.2. The van der Waals surface area contributed by atoms with Gasteiger partial charge >= 0.3 is 5.97 Å². The van der Waals surface area contributed by atoms with Crippen LogP contribution in [0.1, 0.15) is 58.8 Å². The molecule has 0 saturated heterocycles. The Hall–Kier alpha value is -2.58. The van der Waals surface area contributed by atoms with Gasteiger partial charge in [-0.05, 0) is 69.4 Å². The molecule has 0 rings (SSSR count). The van der Waals surface area contributed by atoms with E-state index >= 15 is 0 Å². The molecule has 3 amide bonds. The van der Waals surface area contributed by atoms with E-state index in [4.69, 9.17) is 22.9 Å². The van der Waals surface area contributed by atoms with Crippen molar-refractivity contribution < 1.29 is 24.3 Å². The number of nitrogens with two attached hydrogens (primary N) is 4. The number of aliphatic carboxylic acids is 1. The van der Waals surface area contributed by atoms with Crippen molar-refractivity contribution in [1.29, 1.82) is 0 Å². The van der Waals surface area contributed by atoms with Crippen molar-refractivity contribution in [1.82, 2.24) is 16.0 Å². The van der Waals surface area contributed by atoms with Crippen LogP contribution < -0.4 is 38.9 Å². The third-order valence-electron chi connectivity index (χ3n) is 5.45. The van der Waals surface area contributed by atoms with Crippen LogP contribution in [0, 0.1) is 5.92 Å². The van der Waals surface area contributed by atoms with Crippen LogP contribution in [0.5, 0.6) is 0 Å². The van der Waals surface area contributed by atoms with E-state index in [-0.39, 0.29) is 37.7 Å². The summed E-state index contributed by atoms with van der Waals surface area (Å²) in [5, 5.41) is 17.4. The van der Waals surface area contributed by atoms with Gasteiger partial charge in [0.15, 0.2) is 5.96 Å². The second-order valence-electron chi connectivity index (χ2n) is 9.27. The number of carbonyl (C=O) groups excluding carboxylic acids is 3. The van der Waals surface area contributed by atoms with Crippen molar-refractivity contribution in [2.75, 3.05) is 25.1 Å². The van der Waals surface area contributed by atoms with Crippen molar-refractivity contribution >= 4 is 41.4 Å². The minimum atomic E-state index is -1.16. The SMILES string of the molecule is CSCCC(N)C(=O)NC(CCCN=C(N)N)C(=O)NC(CC(C)C)C(=O)NC(CCCCN)C(=O)O. The standard InChI is InChI=1S/C23H46N8O5S/c1-14(2)13-18(21(34)30-17(22(35)36)7-4-5-10-24)31-20(33)16(8-6-11-28-23(26)27)29-19(32)15(25)9-12-37-3/h14-18H,4-13,24-25H2,1-3H3,(H,29,32)(H,30,34)(H,31,33)(H,35,36)(H4,26,27,28). The number of amides is 3. The lowest BCUT2D eigenvalue weighted by molar-refractivity contribution is -0.142. The average Bonchev–Trinajstić information content (AvgIpc) is 2.82. The Morgan fingerprint density at radius 3 is 1.97 bits per heavy atom. The quantitative estimate of drug-likeness (QED) is 0.0517. The lowest BCUT2D eigenvalue weighted by atomic mass is 10.0. The molecule has 214 valence electrons. The molecule has 0 bridgehead atoms. The molecule has 0 aliphatic rings. The smallest absolute Gasteiger partial charge is 0.326 e. The van der Waals surface area contributed by atoms with Crippen LogP contribution in [-0.4, -0.2) is 84.0 Å². The summed E-state index contributed by atoms with van der Waals surface area (Å²) in [7, 11) is 0. The third kappa shape index (κ3) is 16.0. The Labute approximate surface area is 223 Å². The second kappa shape index (κ2) is 19.5. The molecule has 37 heavy (non-hydrogen) atoms. The summed E-state index contributed by atoms with van der Waals surface area (Å²) in [4.78, 5) is 54.3. The van der Waals surface area contributed by atoms with E-state index in [1.165, 1.54) is 0 Å². The van der Waals surface area contributed by atoms with Gasteiger partial charge in [0, 0.05) is 6.54 Å². The summed E-state index contributed by atoms with van der Waals surface area (Å²) in [5.74, 6) is -2.21. The predicted molar refractivity (Wildman–Crippen MR) is 147 cm³/mol. The first kappa shape index (κ1) is 34.4. The first-order valence-electron chi connectivity index (χ1n) is 12.6. The highest BCUT2D eigenvalue weighted by Crippen LogP contribution is 2.09. The van der Waals surface area contributed by atoms with Gasteiger partial charge in [0.05, 0.1) is 6.04 Å². The molecule has 0 aliphatic carbocycles. The van der Waals surface area contributed by atoms with E-state index in [0.29, 0.717) is 38.0 Å². The first-order chi connectivity index (χ1) is 17.4. The van der Waals surface area contributed by atoms with Crippen LogP contribution in [-0.2, 0) is 19.2 Å². The molecule has 13 nitrogen and oxygen atoms in total. The maximum atomic E-state index is 13.2. The van der Waals surface area contributed by atoms with Gasteiger partial charge in [0.2, 0.25) is 17.7 Å². The number of hydrogen-bond acceptors (Lipinski definition) is 8. The Morgan fingerprint density at radius 2 is 1.43 bits per heavy atom. The molecule has 0 aromatic carbocycles. The average molecular weight is 547 g/mol. The van der Waals surface area contributed by atoms with Crippen molar-refractivity contribution in [3.8, 4) is 0 Å². The number of rotatable bonds is 20. The fourth-order valence-corrected chi connectivity index (χ4v) is 3.91. The Bertz CT molecular complexity index is 749. The molecule has 0 spiro atoms. The van der Waals surface area contributed by atoms with Gasteiger partial charge in [0.25, 0.3) is 0 Å². The number of carboxylic acids is 1. The third-order valence-corrected chi connectivity index (χ3v) is 6.09. The topological polar surface area (TPSA) is 241 Å². The molecule has 0 aromatic heterocycles. The van der Waals surface area contributed by atoms with Gasteiger partial charge in [-0.2, -0.15) is 11.8 Å². The number of unbranched alkanes of at least 4 members (excludes halogenated alkanes) is 1. The summed E-state index contributed by atoms with van der Waals surface area (Å²) < 4.78 is 0. The van der Waals surface area contributed by atoms with Gasteiger partial charge in [-0.3, -0.25) is 19.4 Å². The molecule has 14 heteroatoms. The zero-order chi connectivity index (χ0) is 28.4. The fourth-order valence-electron chi connectivity index (χ4n) is 3.42. The lowest BCUT2D eigenvalue weighted by Crippen LogP contribution is -2.57. The highest BCUT2D eigenvalue weighted by Gasteiger charge is 2.30. The fraction of sp³-hybridized carbons (Fsp3) is 0.783. The number of carbonyl (C=O) groups is 4. The molecular weight excluding hydrogens is 500 g/mol. The molecule has 12 N–H and O–H groups in total. The number of aliphatic imine (C=N–C) groups is 1. The molecule has 0 radical (unpaired) electrons. The van der Waals surface area contributed by atoms with E-state index in [1.54, 1.807) is 11.8 Å². The van der Waals surface area contributed by atoms with Crippen LogP contribution in [0.25, 0.3) is 0 Å². The number of nitrogens with one attached hydrogen (secondary N) is 3. The zero-order valence-corrected chi connectivity index (χ0v) is 23.0. The Balaban J connectivity index is 5.54. The number of carboxylic acid groups (broad SMARTS) is 1. The Morgan fingerprint density at radius 1 is 0.865 bits per heavy atom. The van der Waals surface area contributed by atoms with Crippen molar-refractivity contribution in [3.05, 3.63) is 0 Å². The summed E-state index contributed by atoms with van der Waals surface area (Å²) in [6, 6.07) is -3.87. The molecule has 0 fully saturated rings. The summed E-state index contributed by atoms with van der Waals surface area (Å²) in [6.45, 7) is 4.42. The van der Waals surface area contributed by atoms with Crippen LogP contribution >= 0.6 is 11.8 Å². The molecule has 0 aromatic rings. The predicted octanol–water partition coefficient (Wildman–Crippen LogP) is -1.17. The molecule has 0 aliphatic heterocycles. The molecule has 0 saturated carbocycles. The van der Waals surface area contributed by atoms with Gasteiger partial charge in [0.1, 0.15) is 18.1 Å². The number of hydrogen-bond donors (Lipinski definition) is 8.